The minimum Gasteiger partial charge on any atom is -0.353 e. The highest BCUT2D eigenvalue weighted by atomic mass is 16.1. The third-order valence-electron chi connectivity index (χ3n) is 4.18. The van der Waals surface area contributed by atoms with Crippen molar-refractivity contribution in [1.82, 2.24) is 4.98 Å². The second-order valence-electron chi connectivity index (χ2n) is 6.05. The van der Waals surface area contributed by atoms with E-state index in [0.29, 0.717) is 16.8 Å². The third-order valence-corrected chi connectivity index (χ3v) is 4.18. The Morgan fingerprint density at radius 3 is 2.59 bits per heavy atom. The maximum atomic E-state index is 12.4. The maximum absolute atomic E-state index is 12.4. The fourth-order valence-electron chi connectivity index (χ4n) is 2.74. The van der Waals surface area contributed by atoms with Crippen LogP contribution in [0.15, 0.2) is 72.9 Å². The van der Waals surface area contributed by atoms with Crippen molar-refractivity contribution in [2.75, 3.05) is 16.8 Å². The molecular formula is C22H20N4O. The van der Waals surface area contributed by atoms with Gasteiger partial charge in [0.15, 0.2) is 0 Å². The van der Waals surface area contributed by atoms with Crippen LogP contribution in [0.1, 0.15) is 28.4 Å². The second kappa shape index (κ2) is 8.63. The monoisotopic (exact) mass is 356 g/mol. The zero-order valence-electron chi connectivity index (χ0n) is 15.1. The highest BCUT2D eigenvalue weighted by Crippen LogP contribution is 2.16. The largest absolute Gasteiger partial charge is 0.353 e. The first kappa shape index (κ1) is 18.2. The number of carbonyl (C=O) groups excluding carboxylic acids is 1. The number of rotatable bonds is 6. The first-order chi connectivity index (χ1) is 13.2. The Bertz CT molecular complexity index is 946. The summed E-state index contributed by atoms with van der Waals surface area (Å²) in [5, 5.41) is 11.7. The molecule has 0 bridgehead atoms. The van der Waals surface area contributed by atoms with Crippen molar-refractivity contribution in [2.45, 2.75) is 13.5 Å². The number of benzene rings is 2. The topological polar surface area (TPSA) is 69.0 Å². The zero-order valence-corrected chi connectivity index (χ0v) is 15.1. The lowest BCUT2D eigenvalue weighted by atomic mass is 10.2. The molecule has 3 aromatic rings. The fourth-order valence-corrected chi connectivity index (χ4v) is 2.74. The summed E-state index contributed by atoms with van der Waals surface area (Å²) in [7, 11) is 0. The molecule has 134 valence electrons. The molecule has 0 radical (unpaired) electrons. The van der Waals surface area contributed by atoms with Crippen LogP contribution < -0.4 is 10.2 Å². The number of nitrogens with one attached hydrogen (secondary N) is 1. The molecule has 5 heteroatoms. The lowest BCUT2D eigenvalue weighted by Gasteiger charge is -2.22. The number of aromatic nitrogens is 1. The van der Waals surface area contributed by atoms with E-state index in [4.69, 9.17) is 5.26 Å². The first-order valence-electron chi connectivity index (χ1n) is 8.76. The van der Waals surface area contributed by atoms with Crippen molar-refractivity contribution in [2.24, 2.45) is 0 Å². The van der Waals surface area contributed by atoms with Crippen molar-refractivity contribution in [3.8, 4) is 6.07 Å². The van der Waals surface area contributed by atoms with E-state index in [0.717, 1.165) is 18.9 Å². The Morgan fingerprint density at radius 2 is 1.93 bits per heavy atom. The molecular weight excluding hydrogens is 336 g/mol. The fraction of sp³-hybridized carbons (Fsp3) is 0.136. The van der Waals surface area contributed by atoms with E-state index in [1.807, 2.05) is 24.3 Å². The van der Waals surface area contributed by atoms with Gasteiger partial charge in [-0.1, -0.05) is 36.4 Å². The van der Waals surface area contributed by atoms with Gasteiger partial charge >= 0.3 is 0 Å². The normalized spacial score (nSPS) is 10.1. The second-order valence-corrected chi connectivity index (χ2v) is 6.05. The quantitative estimate of drug-likeness (QED) is 0.717. The van der Waals surface area contributed by atoms with Gasteiger partial charge in [-0.05, 0) is 42.8 Å². The number of hydrogen-bond donors (Lipinski definition) is 1. The lowest BCUT2D eigenvalue weighted by molar-refractivity contribution is 0.102. The van der Waals surface area contributed by atoms with Crippen LogP contribution >= 0.6 is 0 Å². The molecule has 1 N–H and O–H groups in total. The van der Waals surface area contributed by atoms with Gasteiger partial charge < -0.3 is 10.2 Å². The van der Waals surface area contributed by atoms with Crippen molar-refractivity contribution in [1.29, 1.82) is 5.26 Å². The van der Waals surface area contributed by atoms with E-state index in [2.05, 4.69) is 40.3 Å². The van der Waals surface area contributed by atoms with Crippen LogP contribution in [0.25, 0.3) is 0 Å². The van der Waals surface area contributed by atoms with E-state index >= 15 is 0 Å². The number of nitrogens with zero attached hydrogens (tertiary/aromatic N) is 3. The molecule has 1 aromatic heterocycles. The molecule has 2 aromatic carbocycles. The van der Waals surface area contributed by atoms with Gasteiger partial charge in [0.25, 0.3) is 5.91 Å². The van der Waals surface area contributed by atoms with Gasteiger partial charge in [-0.15, -0.1) is 0 Å². The Balaban J connectivity index is 1.70. The van der Waals surface area contributed by atoms with Gasteiger partial charge in [0.05, 0.1) is 17.2 Å². The van der Waals surface area contributed by atoms with Gasteiger partial charge in [-0.25, -0.2) is 4.98 Å². The Morgan fingerprint density at radius 1 is 1.11 bits per heavy atom. The van der Waals surface area contributed by atoms with Crippen LogP contribution in [0, 0.1) is 11.3 Å². The van der Waals surface area contributed by atoms with Crippen molar-refractivity contribution >= 4 is 17.4 Å². The van der Waals surface area contributed by atoms with Gasteiger partial charge in [-0.3, -0.25) is 4.79 Å². The molecule has 0 saturated heterocycles. The maximum Gasteiger partial charge on any atom is 0.257 e. The molecule has 0 fully saturated rings. The molecule has 27 heavy (non-hydrogen) atoms. The highest BCUT2D eigenvalue weighted by Gasteiger charge is 2.10. The van der Waals surface area contributed by atoms with E-state index < -0.39 is 0 Å². The number of nitriles is 1. The summed E-state index contributed by atoms with van der Waals surface area (Å²) in [5.41, 5.74) is 2.76. The van der Waals surface area contributed by atoms with E-state index in [-0.39, 0.29) is 5.91 Å². The number of pyridine rings is 1. The smallest absolute Gasteiger partial charge is 0.257 e. The number of amides is 1. The minimum atomic E-state index is -0.254. The molecule has 3 rings (SSSR count). The van der Waals surface area contributed by atoms with Crippen molar-refractivity contribution in [3.05, 3.63) is 89.6 Å². The van der Waals surface area contributed by atoms with Gasteiger partial charge in [0.1, 0.15) is 5.82 Å². The predicted molar refractivity (Wildman–Crippen MR) is 107 cm³/mol. The molecule has 1 heterocycles. The van der Waals surface area contributed by atoms with Crippen molar-refractivity contribution < 1.29 is 4.79 Å². The Hall–Kier alpha value is -3.65. The summed E-state index contributed by atoms with van der Waals surface area (Å²) >= 11 is 0. The molecule has 0 spiro atoms. The summed E-state index contributed by atoms with van der Waals surface area (Å²) in [6, 6.07) is 22.7. The van der Waals surface area contributed by atoms with Crippen LogP contribution in [0.5, 0.6) is 0 Å². The van der Waals surface area contributed by atoms with E-state index in [9.17, 15) is 4.79 Å². The van der Waals surface area contributed by atoms with Crippen molar-refractivity contribution in [3.63, 3.8) is 0 Å². The number of carbonyl (C=O) groups is 1. The SMILES string of the molecule is CCN(Cc1ccccc1)c1ccc(C(=O)Nc2cccc(C#N)c2)cn1. The molecule has 5 nitrogen and oxygen atoms in total. The summed E-state index contributed by atoms with van der Waals surface area (Å²) < 4.78 is 0. The first-order valence-corrected chi connectivity index (χ1v) is 8.76. The molecule has 0 unspecified atom stereocenters. The lowest BCUT2D eigenvalue weighted by Crippen LogP contribution is -2.23. The predicted octanol–water partition coefficient (Wildman–Crippen LogP) is 4.23. The van der Waals surface area contributed by atoms with Crippen LogP contribution in [0.3, 0.4) is 0 Å². The average molecular weight is 356 g/mol. The van der Waals surface area contributed by atoms with Crippen LogP contribution in [-0.4, -0.2) is 17.4 Å². The zero-order chi connectivity index (χ0) is 19.1. The molecule has 0 aliphatic rings. The minimum absolute atomic E-state index is 0.254. The summed E-state index contributed by atoms with van der Waals surface area (Å²) in [4.78, 5) is 19.0. The molecule has 0 saturated carbocycles. The van der Waals surface area contributed by atoms with E-state index in [1.54, 1.807) is 36.5 Å². The molecule has 0 atom stereocenters. The summed E-state index contributed by atoms with van der Waals surface area (Å²) in [5.74, 6) is 0.569. The van der Waals surface area contributed by atoms with Gasteiger partial charge in [0.2, 0.25) is 0 Å². The van der Waals surface area contributed by atoms with Gasteiger partial charge in [0, 0.05) is 25.0 Å². The molecule has 0 aliphatic carbocycles. The Labute approximate surface area is 158 Å². The van der Waals surface area contributed by atoms with Crippen LogP contribution in [-0.2, 0) is 6.54 Å². The van der Waals surface area contributed by atoms with Crippen LogP contribution in [0.4, 0.5) is 11.5 Å². The Kier molecular flexibility index (Phi) is 5.80. The van der Waals surface area contributed by atoms with Crippen LogP contribution in [0.2, 0.25) is 0 Å². The molecule has 0 aliphatic heterocycles. The number of anilines is 2. The summed E-state index contributed by atoms with van der Waals surface area (Å²) in [6.07, 6.45) is 1.58. The average Bonchev–Trinajstić information content (AvgIpc) is 2.73. The molecule has 1 amide bonds. The standard InChI is InChI=1S/C22H20N4O/c1-2-26(16-17-7-4-3-5-8-17)21-12-11-19(15-24-21)22(27)25-20-10-6-9-18(13-20)14-23/h3-13,15H,2,16H2,1H3,(H,25,27). The highest BCUT2D eigenvalue weighted by molar-refractivity contribution is 6.04. The third kappa shape index (κ3) is 4.71. The van der Waals surface area contributed by atoms with Gasteiger partial charge in [-0.2, -0.15) is 5.26 Å². The number of hydrogen-bond acceptors (Lipinski definition) is 4. The summed E-state index contributed by atoms with van der Waals surface area (Å²) in [6.45, 7) is 3.65. The van der Waals surface area contributed by atoms with E-state index in [1.165, 1.54) is 5.56 Å².